The van der Waals surface area contributed by atoms with Crippen molar-refractivity contribution in [3.05, 3.63) is 34.2 Å². The molecule has 3 rings (SSSR count). The predicted octanol–water partition coefficient (Wildman–Crippen LogP) is 3.56. The van der Waals surface area contributed by atoms with Gasteiger partial charge >= 0.3 is 6.43 Å². The second-order valence-corrected chi connectivity index (χ2v) is 5.67. The van der Waals surface area contributed by atoms with Gasteiger partial charge in [-0.25, -0.2) is 0 Å². The molecule has 0 radical (unpaired) electrons. The van der Waals surface area contributed by atoms with Gasteiger partial charge in [0.2, 0.25) is 0 Å². The van der Waals surface area contributed by atoms with E-state index in [9.17, 15) is 18.7 Å². The van der Waals surface area contributed by atoms with Crippen LogP contribution < -0.4 is 5.32 Å². The van der Waals surface area contributed by atoms with E-state index in [0.29, 0.717) is 27.7 Å². The summed E-state index contributed by atoms with van der Waals surface area (Å²) in [7, 11) is 0. The number of anilines is 1. The quantitative estimate of drug-likeness (QED) is 0.562. The van der Waals surface area contributed by atoms with Crippen LogP contribution in [0.3, 0.4) is 0 Å². The Morgan fingerprint density at radius 1 is 1.42 bits per heavy atom. The molecule has 0 saturated carbocycles. The number of aliphatic hydroxyl groups excluding tert-OH is 1. The summed E-state index contributed by atoms with van der Waals surface area (Å²) in [4.78, 5) is 14.3. The van der Waals surface area contributed by atoms with E-state index in [1.54, 1.807) is 6.20 Å². The van der Waals surface area contributed by atoms with E-state index < -0.39 is 12.3 Å². The number of fused-ring (bicyclic) bond motifs is 1. The first-order chi connectivity index (χ1) is 11.4. The molecule has 0 aliphatic carbocycles. The predicted molar refractivity (Wildman–Crippen MR) is 86.5 cm³/mol. The molecule has 0 spiro atoms. The number of carbonyl (C=O) groups is 1. The number of aromatic nitrogens is 3. The average Bonchev–Trinajstić information content (AvgIpc) is 3.18. The Balaban J connectivity index is 2.33. The highest BCUT2D eigenvalue weighted by molar-refractivity contribution is 6.46. The van der Waals surface area contributed by atoms with Gasteiger partial charge in [0.25, 0.3) is 5.91 Å². The van der Waals surface area contributed by atoms with Gasteiger partial charge in [0, 0.05) is 28.4 Å². The van der Waals surface area contributed by atoms with Crippen molar-refractivity contribution in [1.82, 2.24) is 15.2 Å². The van der Waals surface area contributed by atoms with Crippen LogP contribution in [0.15, 0.2) is 18.5 Å². The second-order valence-electron chi connectivity index (χ2n) is 4.88. The van der Waals surface area contributed by atoms with Gasteiger partial charge in [0.05, 0.1) is 34.1 Å². The van der Waals surface area contributed by atoms with Crippen LogP contribution in [0, 0.1) is 0 Å². The Morgan fingerprint density at radius 2 is 2.17 bits per heavy atom. The van der Waals surface area contributed by atoms with Crippen LogP contribution in [0.4, 0.5) is 14.5 Å². The summed E-state index contributed by atoms with van der Waals surface area (Å²) in [6, 6.07) is 1.28. The molecule has 0 saturated heterocycles. The highest BCUT2D eigenvalue weighted by atomic mass is 35.5. The SMILES string of the molecule is O=C(Nc1cc(Cl)c(Cl)c2[nH]c(CO)c(-c3cn[nH]c3)c12)C(F)F. The van der Waals surface area contributed by atoms with Crippen LogP contribution >= 0.6 is 23.2 Å². The lowest BCUT2D eigenvalue weighted by molar-refractivity contribution is -0.126. The monoisotopic (exact) mass is 374 g/mol. The van der Waals surface area contributed by atoms with Gasteiger partial charge in [-0.3, -0.25) is 9.89 Å². The minimum Gasteiger partial charge on any atom is -0.390 e. The summed E-state index contributed by atoms with van der Waals surface area (Å²) in [5.74, 6) is -1.47. The molecule has 10 heteroatoms. The van der Waals surface area contributed by atoms with Crippen molar-refractivity contribution < 1.29 is 18.7 Å². The molecule has 2 heterocycles. The third-order valence-electron chi connectivity index (χ3n) is 3.45. The van der Waals surface area contributed by atoms with Gasteiger partial charge in [0.1, 0.15) is 0 Å². The fraction of sp³-hybridized carbons (Fsp3) is 0.143. The zero-order valence-corrected chi connectivity index (χ0v) is 13.3. The van der Waals surface area contributed by atoms with Crippen LogP contribution in [0.5, 0.6) is 0 Å². The molecule has 4 N–H and O–H groups in total. The molecule has 126 valence electrons. The van der Waals surface area contributed by atoms with Gasteiger partial charge in [0.15, 0.2) is 0 Å². The van der Waals surface area contributed by atoms with Crippen molar-refractivity contribution in [2.75, 3.05) is 5.32 Å². The molecular formula is C14H10Cl2F2N4O2. The molecule has 3 aromatic rings. The number of carbonyl (C=O) groups excluding carboxylic acids is 1. The largest absolute Gasteiger partial charge is 0.390 e. The first kappa shape index (κ1) is 16.7. The lowest BCUT2D eigenvalue weighted by Gasteiger charge is -2.10. The highest BCUT2D eigenvalue weighted by Gasteiger charge is 2.23. The molecule has 0 fully saturated rings. The van der Waals surface area contributed by atoms with E-state index in [0.717, 1.165) is 0 Å². The highest BCUT2D eigenvalue weighted by Crippen LogP contribution is 2.43. The van der Waals surface area contributed by atoms with Gasteiger partial charge < -0.3 is 15.4 Å². The van der Waals surface area contributed by atoms with Crippen LogP contribution in [0.1, 0.15) is 5.69 Å². The number of amides is 1. The number of aliphatic hydroxyl groups is 1. The molecule has 24 heavy (non-hydrogen) atoms. The number of nitrogens with one attached hydrogen (secondary N) is 3. The Bertz CT molecular complexity index is 910. The topological polar surface area (TPSA) is 93.8 Å². The summed E-state index contributed by atoms with van der Waals surface area (Å²) in [5.41, 5.74) is 1.80. The standard InChI is InChI=1S/C14H10Cl2F2N4O2/c15-6-1-7(22-14(24)13(17)18)10-9(5-2-19-20-3-5)8(4-23)21-12(10)11(6)16/h1-3,13,21,23H,4H2,(H,19,20)(H,22,24). The molecule has 0 unspecified atom stereocenters. The Kier molecular flexibility index (Phi) is 4.44. The minimum absolute atomic E-state index is 0.0526. The lowest BCUT2D eigenvalue weighted by atomic mass is 10.0. The van der Waals surface area contributed by atoms with Crippen molar-refractivity contribution >= 4 is 45.7 Å². The molecule has 0 aliphatic heterocycles. The van der Waals surface area contributed by atoms with Crippen LogP contribution in [0.2, 0.25) is 10.0 Å². The average molecular weight is 375 g/mol. The fourth-order valence-electron chi connectivity index (χ4n) is 2.48. The number of hydrogen-bond donors (Lipinski definition) is 4. The first-order valence-corrected chi connectivity index (χ1v) is 7.41. The van der Waals surface area contributed by atoms with Crippen LogP contribution in [-0.2, 0) is 11.4 Å². The Hall–Kier alpha value is -2.16. The van der Waals surface area contributed by atoms with Gasteiger partial charge in [-0.2, -0.15) is 13.9 Å². The van der Waals surface area contributed by atoms with E-state index in [2.05, 4.69) is 20.5 Å². The second kappa shape index (κ2) is 6.39. The summed E-state index contributed by atoms with van der Waals surface area (Å²) in [6.45, 7) is -0.370. The molecule has 6 nitrogen and oxygen atoms in total. The van der Waals surface area contributed by atoms with Gasteiger partial charge in [-0.1, -0.05) is 23.2 Å². The van der Waals surface area contributed by atoms with Crippen molar-refractivity contribution in [3.8, 4) is 11.1 Å². The molecular weight excluding hydrogens is 365 g/mol. The van der Waals surface area contributed by atoms with Gasteiger partial charge in [-0.15, -0.1) is 0 Å². The number of hydrogen-bond acceptors (Lipinski definition) is 3. The maximum absolute atomic E-state index is 12.6. The Morgan fingerprint density at radius 3 is 2.75 bits per heavy atom. The van der Waals surface area contributed by atoms with E-state index in [-0.39, 0.29) is 22.3 Å². The van der Waals surface area contributed by atoms with E-state index in [1.165, 1.54) is 12.3 Å². The number of halogens is 4. The normalized spacial score (nSPS) is 11.4. The first-order valence-electron chi connectivity index (χ1n) is 6.65. The zero-order valence-electron chi connectivity index (χ0n) is 11.8. The van der Waals surface area contributed by atoms with Crippen molar-refractivity contribution in [1.29, 1.82) is 0 Å². The van der Waals surface area contributed by atoms with Crippen molar-refractivity contribution in [2.45, 2.75) is 13.0 Å². The molecule has 0 atom stereocenters. The van der Waals surface area contributed by atoms with Crippen molar-refractivity contribution in [3.63, 3.8) is 0 Å². The van der Waals surface area contributed by atoms with Crippen molar-refractivity contribution in [2.24, 2.45) is 0 Å². The third-order valence-corrected chi connectivity index (χ3v) is 4.24. The molecule has 0 bridgehead atoms. The molecule has 1 aromatic carbocycles. The number of nitrogens with zero attached hydrogens (tertiary/aromatic N) is 1. The summed E-state index contributed by atoms with van der Waals surface area (Å²) >= 11 is 12.2. The summed E-state index contributed by atoms with van der Waals surface area (Å²) in [5, 5.41) is 18.7. The number of H-pyrrole nitrogens is 2. The zero-order chi connectivity index (χ0) is 17.4. The summed E-state index contributed by atoms with van der Waals surface area (Å²) in [6.07, 6.45) is -0.144. The molecule has 0 aliphatic rings. The number of rotatable bonds is 4. The number of alkyl halides is 2. The molecule has 1 amide bonds. The van der Waals surface area contributed by atoms with E-state index >= 15 is 0 Å². The Labute approximate surface area is 143 Å². The maximum Gasteiger partial charge on any atom is 0.315 e. The maximum atomic E-state index is 12.6. The lowest BCUT2D eigenvalue weighted by Crippen LogP contribution is -2.20. The minimum atomic E-state index is -3.19. The number of benzene rings is 1. The van der Waals surface area contributed by atoms with Crippen LogP contribution in [-0.4, -0.2) is 32.6 Å². The van der Waals surface area contributed by atoms with Crippen LogP contribution in [0.25, 0.3) is 22.0 Å². The van der Waals surface area contributed by atoms with E-state index in [1.807, 2.05) is 0 Å². The summed E-state index contributed by atoms with van der Waals surface area (Å²) < 4.78 is 25.2. The van der Waals surface area contributed by atoms with E-state index in [4.69, 9.17) is 23.2 Å². The fourth-order valence-corrected chi connectivity index (χ4v) is 2.88. The smallest absolute Gasteiger partial charge is 0.315 e. The number of aromatic amines is 2. The molecule has 2 aromatic heterocycles. The van der Waals surface area contributed by atoms with Gasteiger partial charge in [-0.05, 0) is 6.07 Å². The third kappa shape index (κ3) is 2.72.